The minimum atomic E-state index is -1.10. The molecule has 0 saturated heterocycles. The maximum Gasteiger partial charge on any atom is 0.320 e. The summed E-state index contributed by atoms with van der Waals surface area (Å²) in [4.78, 5) is 22.5. The van der Waals surface area contributed by atoms with E-state index in [0.29, 0.717) is 26.1 Å². The highest BCUT2D eigenvalue weighted by Crippen LogP contribution is 2.13. The fraction of sp³-hybridized carbons (Fsp3) is 0.556. The van der Waals surface area contributed by atoms with E-state index in [9.17, 15) is 9.59 Å². The fourth-order valence-electron chi connectivity index (χ4n) is 2.26. The van der Waals surface area contributed by atoms with Gasteiger partial charge in [-0.25, -0.2) is 0 Å². The van der Waals surface area contributed by atoms with Crippen LogP contribution in [0.5, 0.6) is 0 Å². The molecule has 1 rings (SSSR count). The molecule has 1 atom stereocenters. The lowest BCUT2D eigenvalue weighted by atomic mass is 10.0. The lowest BCUT2D eigenvalue weighted by Crippen LogP contribution is -2.25. The third-order valence-electron chi connectivity index (χ3n) is 3.51. The van der Waals surface area contributed by atoms with E-state index >= 15 is 0 Å². The number of unbranched alkanes of at least 4 members (excludes halogenated alkanes) is 3. The molecular weight excluding hydrogens is 296 g/mol. The predicted molar refractivity (Wildman–Crippen MR) is 86.9 cm³/mol. The van der Waals surface area contributed by atoms with Crippen molar-refractivity contribution >= 4 is 11.9 Å². The first kappa shape index (κ1) is 19.2. The van der Waals surface area contributed by atoms with Gasteiger partial charge < -0.3 is 14.6 Å². The average molecular weight is 322 g/mol. The highest BCUT2D eigenvalue weighted by atomic mass is 16.5. The second-order valence-corrected chi connectivity index (χ2v) is 5.38. The lowest BCUT2D eigenvalue weighted by Gasteiger charge is -2.10. The third kappa shape index (κ3) is 8.35. The molecule has 0 aliphatic heterocycles. The second kappa shape index (κ2) is 11.7. The highest BCUT2D eigenvalue weighted by Gasteiger charge is 2.26. The van der Waals surface area contributed by atoms with Gasteiger partial charge in [0.2, 0.25) is 0 Å². The maximum atomic E-state index is 11.5. The van der Waals surface area contributed by atoms with E-state index in [0.717, 1.165) is 24.8 Å². The van der Waals surface area contributed by atoms with Gasteiger partial charge in [0, 0.05) is 6.61 Å². The van der Waals surface area contributed by atoms with Gasteiger partial charge in [-0.05, 0) is 25.3 Å². The molecule has 0 aromatic heterocycles. The Bertz CT molecular complexity index is 458. The van der Waals surface area contributed by atoms with Crippen molar-refractivity contribution in [1.29, 1.82) is 0 Å². The van der Waals surface area contributed by atoms with Gasteiger partial charge in [-0.2, -0.15) is 0 Å². The second-order valence-electron chi connectivity index (χ2n) is 5.38. The number of carboxylic acids is 1. The summed E-state index contributed by atoms with van der Waals surface area (Å²) in [5.74, 6) is -2.77. The number of benzene rings is 1. The molecule has 5 heteroatoms. The van der Waals surface area contributed by atoms with Crippen molar-refractivity contribution in [1.82, 2.24) is 0 Å². The van der Waals surface area contributed by atoms with E-state index in [1.54, 1.807) is 6.92 Å². The number of esters is 1. The minimum Gasteiger partial charge on any atom is -0.481 e. The summed E-state index contributed by atoms with van der Waals surface area (Å²) in [7, 11) is 0. The van der Waals surface area contributed by atoms with Gasteiger partial charge in [0.1, 0.15) is 0 Å². The Morgan fingerprint density at radius 1 is 1.09 bits per heavy atom. The molecule has 5 nitrogen and oxygen atoms in total. The topological polar surface area (TPSA) is 72.8 Å². The molecule has 0 spiro atoms. The third-order valence-corrected chi connectivity index (χ3v) is 3.51. The monoisotopic (exact) mass is 322 g/mol. The van der Waals surface area contributed by atoms with Crippen LogP contribution in [0.1, 0.15) is 44.6 Å². The number of carbonyl (C=O) groups excluding carboxylic acids is 1. The van der Waals surface area contributed by atoms with E-state index in [1.165, 1.54) is 0 Å². The summed E-state index contributed by atoms with van der Waals surface area (Å²) in [5, 5.41) is 9.03. The van der Waals surface area contributed by atoms with Crippen LogP contribution in [0.25, 0.3) is 0 Å². The molecule has 0 radical (unpaired) electrons. The van der Waals surface area contributed by atoms with E-state index in [2.05, 4.69) is 0 Å². The Kier molecular flexibility index (Phi) is 9.71. The summed E-state index contributed by atoms with van der Waals surface area (Å²) in [6.45, 7) is 3.19. The summed E-state index contributed by atoms with van der Waals surface area (Å²) < 4.78 is 10.4. The Morgan fingerprint density at radius 2 is 1.78 bits per heavy atom. The van der Waals surface area contributed by atoms with Crippen molar-refractivity contribution < 1.29 is 24.2 Å². The van der Waals surface area contributed by atoms with Crippen LogP contribution in [-0.2, 0) is 25.7 Å². The number of hydrogen-bond donors (Lipinski definition) is 1. The number of aliphatic carboxylic acids is 1. The molecule has 1 aromatic rings. The van der Waals surface area contributed by atoms with Gasteiger partial charge in [-0.3, -0.25) is 9.59 Å². The number of rotatable bonds is 12. The normalized spacial score (nSPS) is 11.9. The highest BCUT2D eigenvalue weighted by molar-refractivity contribution is 5.93. The zero-order valence-corrected chi connectivity index (χ0v) is 13.7. The minimum absolute atomic E-state index is 0.210. The maximum absolute atomic E-state index is 11.5. The van der Waals surface area contributed by atoms with E-state index < -0.39 is 17.9 Å². The Hall–Kier alpha value is -1.88. The van der Waals surface area contributed by atoms with Gasteiger partial charge in [0.15, 0.2) is 5.92 Å². The van der Waals surface area contributed by atoms with Crippen molar-refractivity contribution in [3.8, 4) is 0 Å². The first-order valence-electron chi connectivity index (χ1n) is 8.16. The molecule has 128 valence electrons. The van der Waals surface area contributed by atoms with Gasteiger partial charge in [0.05, 0.1) is 13.2 Å². The van der Waals surface area contributed by atoms with E-state index in [-0.39, 0.29) is 6.61 Å². The van der Waals surface area contributed by atoms with Crippen LogP contribution >= 0.6 is 0 Å². The van der Waals surface area contributed by atoms with Gasteiger partial charge in [0.25, 0.3) is 0 Å². The zero-order chi connectivity index (χ0) is 16.9. The van der Waals surface area contributed by atoms with Crippen LogP contribution in [0.3, 0.4) is 0 Å². The van der Waals surface area contributed by atoms with Crippen molar-refractivity contribution in [3.05, 3.63) is 35.9 Å². The van der Waals surface area contributed by atoms with Crippen LogP contribution in [0, 0.1) is 5.92 Å². The van der Waals surface area contributed by atoms with Crippen molar-refractivity contribution in [2.45, 2.75) is 45.6 Å². The molecular formula is C18H26O5. The van der Waals surface area contributed by atoms with E-state index in [1.807, 2.05) is 30.3 Å². The number of hydrogen-bond acceptors (Lipinski definition) is 4. The molecule has 0 fully saturated rings. The van der Waals surface area contributed by atoms with Crippen LogP contribution in [0.2, 0.25) is 0 Å². The van der Waals surface area contributed by atoms with Crippen LogP contribution < -0.4 is 0 Å². The molecule has 0 amide bonds. The Labute approximate surface area is 137 Å². The van der Waals surface area contributed by atoms with Gasteiger partial charge in [-0.15, -0.1) is 0 Å². The fourth-order valence-corrected chi connectivity index (χ4v) is 2.26. The van der Waals surface area contributed by atoms with Crippen molar-refractivity contribution in [2.75, 3.05) is 13.2 Å². The van der Waals surface area contributed by atoms with Crippen molar-refractivity contribution in [2.24, 2.45) is 5.92 Å². The van der Waals surface area contributed by atoms with Gasteiger partial charge in [-0.1, -0.05) is 49.6 Å². The lowest BCUT2D eigenvalue weighted by molar-refractivity contribution is -0.158. The van der Waals surface area contributed by atoms with Crippen LogP contribution in [0.4, 0.5) is 0 Å². The van der Waals surface area contributed by atoms with Crippen LogP contribution in [-0.4, -0.2) is 30.3 Å². The van der Waals surface area contributed by atoms with Crippen LogP contribution in [0.15, 0.2) is 30.3 Å². The number of carboxylic acid groups (broad SMARTS) is 1. The van der Waals surface area contributed by atoms with E-state index in [4.69, 9.17) is 14.6 Å². The molecule has 0 bridgehead atoms. The quantitative estimate of drug-likeness (QED) is 0.363. The summed E-state index contributed by atoms with van der Waals surface area (Å²) in [5.41, 5.74) is 1.16. The number of carbonyl (C=O) groups is 2. The molecule has 0 aliphatic rings. The molecule has 0 saturated carbocycles. The predicted octanol–water partition coefficient (Wildman–Crippen LogP) is 3.42. The summed E-state index contributed by atoms with van der Waals surface area (Å²) in [6.07, 6.45) is 3.82. The molecule has 0 heterocycles. The first-order valence-corrected chi connectivity index (χ1v) is 8.16. The standard InChI is InChI=1S/C18H26O5/c1-2-23-18(21)16(17(19)20)12-8-3-4-9-13-22-14-15-10-6-5-7-11-15/h5-7,10-11,16H,2-4,8-9,12-14H2,1H3,(H,19,20). The SMILES string of the molecule is CCOC(=O)C(CCCCCCOCc1ccccc1)C(=O)O. The van der Waals surface area contributed by atoms with Crippen molar-refractivity contribution in [3.63, 3.8) is 0 Å². The smallest absolute Gasteiger partial charge is 0.320 e. The summed E-state index contributed by atoms with van der Waals surface area (Å²) >= 11 is 0. The Morgan fingerprint density at radius 3 is 2.43 bits per heavy atom. The average Bonchev–Trinajstić information content (AvgIpc) is 2.54. The first-order chi connectivity index (χ1) is 11.1. The summed E-state index contributed by atoms with van der Waals surface area (Å²) in [6, 6.07) is 10.0. The molecule has 1 aromatic carbocycles. The molecule has 0 aliphatic carbocycles. The molecule has 1 N–H and O–H groups in total. The molecule has 1 unspecified atom stereocenters. The Balaban J connectivity index is 2.05. The molecule has 23 heavy (non-hydrogen) atoms. The zero-order valence-electron chi connectivity index (χ0n) is 13.7. The largest absolute Gasteiger partial charge is 0.481 e. The number of ether oxygens (including phenoxy) is 2. The van der Waals surface area contributed by atoms with Gasteiger partial charge >= 0.3 is 11.9 Å².